The average molecular weight is 296 g/mol. The van der Waals surface area contributed by atoms with E-state index in [2.05, 4.69) is 29.6 Å². The van der Waals surface area contributed by atoms with Gasteiger partial charge >= 0.3 is 5.97 Å². The maximum absolute atomic E-state index is 10.9. The van der Waals surface area contributed by atoms with Crippen LogP contribution in [0.5, 0.6) is 0 Å². The van der Waals surface area contributed by atoms with Crippen LogP contribution in [0, 0.1) is 5.92 Å². The Hall–Kier alpha value is -1.06. The Labute approximate surface area is 126 Å². The highest BCUT2D eigenvalue weighted by Gasteiger charge is 2.46. The second-order valence-corrected chi connectivity index (χ2v) is 5.90. The number of hydrogen-bond acceptors (Lipinski definition) is 2. The molecule has 2 aliphatic rings. The first-order valence-electron chi connectivity index (χ1n) is 7.23. The van der Waals surface area contributed by atoms with Gasteiger partial charge in [-0.05, 0) is 55.8 Å². The molecular formula is C16H22ClNO2. The zero-order valence-electron chi connectivity index (χ0n) is 11.6. The number of carboxylic acid groups (broad SMARTS) is 1. The van der Waals surface area contributed by atoms with Crippen LogP contribution in [0.2, 0.25) is 0 Å². The van der Waals surface area contributed by atoms with Crippen molar-refractivity contribution in [3.05, 3.63) is 35.4 Å². The number of nitrogens with one attached hydrogen (secondary N) is 1. The largest absolute Gasteiger partial charge is 0.481 e. The number of piperidine rings is 1. The molecule has 3 nitrogen and oxygen atoms in total. The predicted octanol–water partition coefficient (Wildman–Crippen LogP) is 2.77. The van der Waals surface area contributed by atoms with Gasteiger partial charge in [-0.1, -0.05) is 24.3 Å². The van der Waals surface area contributed by atoms with Crippen molar-refractivity contribution in [2.45, 2.75) is 37.5 Å². The van der Waals surface area contributed by atoms with Crippen molar-refractivity contribution in [2.24, 2.45) is 5.92 Å². The van der Waals surface area contributed by atoms with Crippen LogP contribution >= 0.6 is 12.4 Å². The van der Waals surface area contributed by atoms with Crippen molar-refractivity contribution < 1.29 is 9.90 Å². The molecule has 0 amide bonds. The summed E-state index contributed by atoms with van der Waals surface area (Å²) in [5.41, 5.74) is 3.17. The van der Waals surface area contributed by atoms with Crippen LogP contribution < -0.4 is 5.32 Å². The lowest BCUT2D eigenvalue weighted by Gasteiger charge is -2.40. The second kappa shape index (κ2) is 6.15. The summed E-state index contributed by atoms with van der Waals surface area (Å²) in [6.45, 7) is 2.11. The number of benzene rings is 1. The molecule has 1 fully saturated rings. The quantitative estimate of drug-likeness (QED) is 0.901. The first-order chi connectivity index (χ1) is 9.22. The summed E-state index contributed by atoms with van der Waals surface area (Å²) in [5.74, 6) is -0.164. The molecule has 4 heteroatoms. The van der Waals surface area contributed by atoms with Crippen LogP contribution in [-0.2, 0) is 16.6 Å². The molecule has 1 aliphatic heterocycles. The molecule has 0 aromatic heterocycles. The van der Waals surface area contributed by atoms with E-state index < -0.39 is 5.97 Å². The van der Waals surface area contributed by atoms with Crippen LogP contribution in [0.3, 0.4) is 0 Å². The maximum Gasteiger partial charge on any atom is 0.303 e. The first-order valence-corrected chi connectivity index (χ1v) is 7.23. The SMILES string of the molecule is Cl.O=C(O)CCC1Cc2ccccc2C12CCNCC2. The van der Waals surface area contributed by atoms with Crippen molar-refractivity contribution in [1.82, 2.24) is 5.32 Å². The number of aliphatic carboxylic acids is 1. The maximum atomic E-state index is 10.9. The Balaban J connectivity index is 0.00000147. The van der Waals surface area contributed by atoms with Crippen LogP contribution in [0.15, 0.2) is 24.3 Å². The van der Waals surface area contributed by atoms with E-state index in [9.17, 15) is 4.79 Å². The number of halogens is 1. The van der Waals surface area contributed by atoms with Crippen molar-refractivity contribution in [3.63, 3.8) is 0 Å². The normalized spacial score (nSPS) is 23.1. The average Bonchev–Trinajstić information content (AvgIpc) is 2.72. The second-order valence-electron chi connectivity index (χ2n) is 5.90. The fourth-order valence-corrected chi connectivity index (χ4v) is 4.09. The third-order valence-corrected chi connectivity index (χ3v) is 5.00. The molecule has 0 saturated carbocycles. The minimum Gasteiger partial charge on any atom is -0.481 e. The number of fused-ring (bicyclic) bond motifs is 2. The topological polar surface area (TPSA) is 49.3 Å². The fourth-order valence-electron chi connectivity index (χ4n) is 4.09. The molecule has 3 rings (SSSR count). The Kier molecular flexibility index (Phi) is 4.71. The standard InChI is InChI=1S/C16H21NO2.ClH/c18-15(19)6-5-13-11-12-3-1-2-4-14(12)16(13)7-9-17-10-8-16;/h1-4,13,17H,5-11H2,(H,18,19);1H. The van der Waals surface area contributed by atoms with E-state index in [1.807, 2.05) is 0 Å². The zero-order valence-corrected chi connectivity index (χ0v) is 12.4. The van der Waals surface area contributed by atoms with Gasteiger partial charge in [0.1, 0.15) is 0 Å². The summed E-state index contributed by atoms with van der Waals surface area (Å²) < 4.78 is 0. The first kappa shape index (κ1) is 15.3. The van der Waals surface area contributed by atoms with Gasteiger partial charge in [0.2, 0.25) is 0 Å². The van der Waals surface area contributed by atoms with Crippen LogP contribution in [0.25, 0.3) is 0 Å². The Morgan fingerprint density at radius 3 is 2.70 bits per heavy atom. The van der Waals surface area contributed by atoms with E-state index in [0.29, 0.717) is 12.3 Å². The molecule has 1 atom stereocenters. The number of rotatable bonds is 3. The molecule has 1 saturated heterocycles. The summed E-state index contributed by atoms with van der Waals surface area (Å²) in [7, 11) is 0. The highest BCUT2D eigenvalue weighted by Crippen LogP contribution is 2.50. The molecule has 2 N–H and O–H groups in total. The summed E-state index contributed by atoms with van der Waals surface area (Å²) >= 11 is 0. The zero-order chi connectivity index (χ0) is 13.3. The molecule has 1 heterocycles. The van der Waals surface area contributed by atoms with Gasteiger partial charge in [-0.2, -0.15) is 0 Å². The Morgan fingerprint density at radius 1 is 1.30 bits per heavy atom. The third-order valence-electron chi connectivity index (χ3n) is 5.00. The Morgan fingerprint density at radius 2 is 2.00 bits per heavy atom. The molecule has 20 heavy (non-hydrogen) atoms. The number of carbonyl (C=O) groups is 1. The fraction of sp³-hybridized carbons (Fsp3) is 0.562. The van der Waals surface area contributed by atoms with Gasteiger partial charge in [0, 0.05) is 11.8 Å². The van der Waals surface area contributed by atoms with Crippen LogP contribution in [-0.4, -0.2) is 24.2 Å². The van der Waals surface area contributed by atoms with Gasteiger partial charge in [-0.25, -0.2) is 0 Å². The van der Waals surface area contributed by atoms with E-state index >= 15 is 0 Å². The molecule has 1 spiro atoms. The summed E-state index contributed by atoms with van der Waals surface area (Å²) in [6.07, 6.45) is 4.46. The van der Waals surface area contributed by atoms with Crippen molar-refractivity contribution >= 4 is 18.4 Å². The van der Waals surface area contributed by atoms with Gasteiger partial charge in [0.05, 0.1) is 0 Å². The van der Waals surface area contributed by atoms with Gasteiger partial charge < -0.3 is 10.4 Å². The van der Waals surface area contributed by atoms with Gasteiger partial charge in [-0.15, -0.1) is 12.4 Å². The molecule has 0 bridgehead atoms. The number of carboxylic acids is 1. The molecule has 1 unspecified atom stereocenters. The lowest BCUT2D eigenvalue weighted by Crippen LogP contribution is -2.43. The van der Waals surface area contributed by atoms with E-state index in [1.165, 1.54) is 11.1 Å². The van der Waals surface area contributed by atoms with E-state index in [-0.39, 0.29) is 17.8 Å². The monoisotopic (exact) mass is 295 g/mol. The van der Waals surface area contributed by atoms with E-state index in [4.69, 9.17) is 5.11 Å². The molecule has 1 aliphatic carbocycles. The minimum atomic E-state index is -0.667. The van der Waals surface area contributed by atoms with Gasteiger partial charge in [0.15, 0.2) is 0 Å². The minimum absolute atomic E-state index is 0. The lowest BCUT2D eigenvalue weighted by molar-refractivity contribution is -0.137. The van der Waals surface area contributed by atoms with Gasteiger partial charge in [0.25, 0.3) is 0 Å². The summed E-state index contributed by atoms with van der Waals surface area (Å²) in [6, 6.07) is 8.72. The molecule has 1 aromatic rings. The predicted molar refractivity (Wildman–Crippen MR) is 81.5 cm³/mol. The Bertz CT molecular complexity index is 483. The number of hydrogen-bond donors (Lipinski definition) is 2. The third kappa shape index (κ3) is 2.57. The summed E-state index contributed by atoms with van der Waals surface area (Å²) in [4.78, 5) is 10.9. The van der Waals surface area contributed by atoms with Crippen molar-refractivity contribution in [1.29, 1.82) is 0 Å². The molecule has 0 radical (unpaired) electrons. The highest BCUT2D eigenvalue weighted by molar-refractivity contribution is 5.85. The smallest absolute Gasteiger partial charge is 0.303 e. The van der Waals surface area contributed by atoms with Crippen molar-refractivity contribution in [2.75, 3.05) is 13.1 Å². The molecular weight excluding hydrogens is 274 g/mol. The van der Waals surface area contributed by atoms with E-state index in [0.717, 1.165) is 38.8 Å². The highest BCUT2D eigenvalue weighted by atomic mass is 35.5. The molecule has 1 aromatic carbocycles. The van der Waals surface area contributed by atoms with Gasteiger partial charge in [-0.3, -0.25) is 4.79 Å². The summed E-state index contributed by atoms with van der Waals surface area (Å²) in [5, 5.41) is 12.4. The molecule has 110 valence electrons. The lowest BCUT2D eigenvalue weighted by atomic mass is 9.67. The van der Waals surface area contributed by atoms with Crippen molar-refractivity contribution in [3.8, 4) is 0 Å². The van der Waals surface area contributed by atoms with Crippen LogP contribution in [0.4, 0.5) is 0 Å². The van der Waals surface area contributed by atoms with E-state index in [1.54, 1.807) is 0 Å². The van der Waals surface area contributed by atoms with Crippen LogP contribution in [0.1, 0.15) is 36.8 Å².